The van der Waals surface area contributed by atoms with Gasteiger partial charge in [-0.25, -0.2) is 0 Å². The number of hydrogen-bond acceptors (Lipinski definition) is 4. The molecule has 277 valence electrons. The molecule has 0 N–H and O–H groups in total. The number of nitrogens with zero attached hydrogens (tertiary/aromatic N) is 4. The van der Waals surface area contributed by atoms with Gasteiger partial charge in [0.05, 0.1) is 30.8 Å². The molecule has 0 unspecified atom stereocenters. The van der Waals surface area contributed by atoms with Crippen LogP contribution < -0.4 is 5.19 Å². The van der Waals surface area contributed by atoms with Gasteiger partial charge in [0.25, 0.3) is 0 Å². The fourth-order valence-corrected chi connectivity index (χ4v) is 8.61. The third-order valence-electron chi connectivity index (χ3n) is 10.2. The van der Waals surface area contributed by atoms with Gasteiger partial charge >= 0.3 is 0 Å². The SMILES string of the molecule is C[Si](C)(C)c1ccc(-n2c3ccccc3c3cnc(-c4[c-]ccc5c4oc4c(-c6ccccc6)c(C#N)ccc45)cc32)cc1.[Ir].[c-]1ccccc1-c1ccccn1. The number of para-hydroxylation sites is 1. The number of furan rings is 1. The Labute approximate surface area is 346 Å². The van der Waals surface area contributed by atoms with Crippen LogP contribution in [0.2, 0.25) is 19.6 Å². The monoisotopic (exact) mass is 929 g/mol. The summed E-state index contributed by atoms with van der Waals surface area (Å²) in [7, 11) is -1.43. The quantitative estimate of drug-likeness (QED) is 0.127. The Kier molecular flexibility index (Phi) is 10.3. The van der Waals surface area contributed by atoms with Crippen LogP contribution in [-0.2, 0) is 20.1 Å². The van der Waals surface area contributed by atoms with Crippen LogP contribution in [0.3, 0.4) is 0 Å². The Morgan fingerprint density at radius 2 is 1.39 bits per heavy atom. The van der Waals surface area contributed by atoms with Crippen molar-refractivity contribution < 1.29 is 24.5 Å². The molecule has 0 bridgehead atoms. The van der Waals surface area contributed by atoms with Crippen molar-refractivity contribution in [3.8, 4) is 45.4 Å². The van der Waals surface area contributed by atoms with Crippen LogP contribution in [-0.4, -0.2) is 22.6 Å². The normalized spacial score (nSPS) is 11.3. The van der Waals surface area contributed by atoms with Crippen LogP contribution >= 0.6 is 0 Å². The molecule has 0 amide bonds. The summed E-state index contributed by atoms with van der Waals surface area (Å²) in [5.74, 6) is 0. The van der Waals surface area contributed by atoms with Crippen molar-refractivity contribution >= 4 is 57.0 Å². The van der Waals surface area contributed by atoms with Gasteiger partial charge < -0.3 is 19.0 Å². The topological polar surface area (TPSA) is 67.6 Å². The van der Waals surface area contributed by atoms with E-state index in [1.165, 1.54) is 10.6 Å². The van der Waals surface area contributed by atoms with Crippen molar-refractivity contribution in [3.05, 3.63) is 182 Å². The van der Waals surface area contributed by atoms with E-state index in [4.69, 9.17) is 9.40 Å². The second-order valence-electron chi connectivity index (χ2n) is 14.8. The molecular formula is C50H36IrN4OSi-2. The fraction of sp³-hybridized carbons (Fsp3) is 0.0600. The molecule has 0 aliphatic carbocycles. The summed E-state index contributed by atoms with van der Waals surface area (Å²) in [5.41, 5.74) is 10.7. The van der Waals surface area contributed by atoms with E-state index in [0.29, 0.717) is 16.7 Å². The third-order valence-corrected chi connectivity index (χ3v) is 12.3. The van der Waals surface area contributed by atoms with Crippen molar-refractivity contribution in [3.63, 3.8) is 0 Å². The minimum atomic E-state index is -1.43. The van der Waals surface area contributed by atoms with E-state index in [0.717, 1.165) is 66.5 Å². The smallest absolute Gasteiger partial charge is 0.130 e. The van der Waals surface area contributed by atoms with E-state index < -0.39 is 8.07 Å². The molecule has 0 spiro atoms. The first-order valence-corrected chi connectivity index (χ1v) is 22.1. The predicted molar refractivity (Wildman–Crippen MR) is 232 cm³/mol. The van der Waals surface area contributed by atoms with E-state index in [2.05, 4.69) is 102 Å². The van der Waals surface area contributed by atoms with Gasteiger partial charge in [0.15, 0.2) is 0 Å². The Hall–Kier alpha value is -6.42. The molecule has 57 heavy (non-hydrogen) atoms. The molecule has 5 nitrogen and oxygen atoms in total. The van der Waals surface area contributed by atoms with E-state index >= 15 is 0 Å². The minimum Gasteiger partial charge on any atom is -0.500 e. The van der Waals surface area contributed by atoms with E-state index in [-0.39, 0.29) is 20.1 Å². The molecule has 10 aromatic rings. The average Bonchev–Trinajstić information content (AvgIpc) is 3.80. The number of hydrogen-bond donors (Lipinski definition) is 0. The summed E-state index contributed by atoms with van der Waals surface area (Å²) in [5, 5.41) is 15.6. The number of nitriles is 1. The summed E-state index contributed by atoms with van der Waals surface area (Å²) in [4.78, 5) is 9.18. The van der Waals surface area contributed by atoms with Crippen LogP contribution in [0.4, 0.5) is 0 Å². The van der Waals surface area contributed by atoms with Crippen LogP contribution in [0.1, 0.15) is 5.56 Å². The fourth-order valence-electron chi connectivity index (χ4n) is 7.44. The van der Waals surface area contributed by atoms with Gasteiger partial charge in [-0.2, -0.15) is 5.26 Å². The molecule has 0 aliphatic rings. The molecule has 4 aromatic heterocycles. The van der Waals surface area contributed by atoms with Crippen LogP contribution in [0, 0.1) is 23.5 Å². The van der Waals surface area contributed by atoms with Gasteiger partial charge in [-0.1, -0.05) is 121 Å². The number of benzene rings is 6. The molecule has 10 rings (SSSR count). The first-order valence-electron chi connectivity index (χ1n) is 18.6. The summed E-state index contributed by atoms with van der Waals surface area (Å²) in [6, 6.07) is 60.1. The molecule has 0 saturated heterocycles. The van der Waals surface area contributed by atoms with Gasteiger partial charge in [0.2, 0.25) is 0 Å². The number of fused-ring (bicyclic) bond motifs is 6. The van der Waals surface area contributed by atoms with Crippen molar-refractivity contribution in [1.82, 2.24) is 14.5 Å². The van der Waals surface area contributed by atoms with Crippen LogP contribution in [0.15, 0.2) is 168 Å². The summed E-state index contributed by atoms with van der Waals surface area (Å²) in [6.45, 7) is 7.12. The van der Waals surface area contributed by atoms with E-state index in [9.17, 15) is 5.26 Å². The minimum absolute atomic E-state index is 0. The standard InChI is InChI=1S/C39H28N3OSi.C11H8N.Ir/c1-44(2,3)28-19-17-27(18-20-28)42-35-15-8-7-12-29(35)33-24-41-34(22-36(33)42)32-14-9-13-30-31-21-16-26(23-40)37(39(31)43-38(30)32)25-10-5-4-6-11-25;1-2-6-10(7-3-1)11-8-4-5-9-12-11;/h4-13,15-22,24H,1-3H3;1-6,8-9H;/q2*-1;. The van der Waals surface area contributed by atoms with Gasteiger partial charge in [-0.15, -0.1) is 54.1 Å². The summed E-state index contributed by atoms with van der Waals surface area (Å²) in [6.07, 6.45) is 3.76. The van der Waals surface area contributed by atoms with Crippen molar-refractivity contribution in [1.29, 1.82) is 5.26 Å². The number of aromatic nitrogens is 3. The largest absolute Gasteiger partial charge is 0.500 e. The second-order valence-corrected chi connectivity index (χ2v) is 19.8. The Bertz CT molecular complexity index is 3020. The Morgan fingerprint density at radius 3 is 2.12 bits per heavy atom. The van der Waals surface area contributed by atoms with E-state index in [1.807, 2.05) is 103 Å². The Morgan fingerprint density at radius 1 is 0.632 bits per heavy atom. The summed E-state index contributed by atoms with van der Waals surface area (Å²) < 4.78 is 9.00. The molecule has 1 radical (unpaired) electrons. The predicted octanol–water partition coefficient (Wildman–Crippen LogP) is 12.2. The van der Waals surface area contributed by atoms with Crippen molar-refractivity contribution in [2.45, 2.75) is 19.6 Å². The molecule has 0 saturated carbocycles. The van der Waals surface area contributed by atoms with Crippen molar-refractivity contribution in [2.75, 3.05) is 0 Å². The molecule has 6 aromatic carbocycles. The molecule has 7 heteroatoms. The van der Waals surface area contributed by atoms with E-state index in [1.54, 1.807) is 6.20 Å². The maximum absolute atomic E-state index is 9.97. The molecule has 0 atom stereocenters. The Balaban J connectivity index is 0.000000300. The maximum atomic E-state index is 9.97. The van der Waals surface area contributed by atoms with Crippen molar-refractivity contribution in [2.24, 2.45) is 0 Å². The maximum Gasteiger partial charge on any atom is 0.130 e. The van der Waals surface area contributed by atoms with Gasteiger partial charge in [0.1, 0.15) is 5.58 Å². The van der Waals surface area contributed by atoms with Crippen LogP contribution in [0.25, 0.3) is 83.1 Å². The molecule has 4 heterocycles. The molecular weight excluding hydrogens is 893 g/mol. The zero-order valence-electron chi connectivity index (χ0n) is 31.6. The third kappa shape index (κ3) is 7.00. The van der Waals surface area contributed by atoms with Crippen LogP contribution in [0.5, 0.6) is 0 Å². The summed E-state index contributed by atoms with van der Waals surface area (Å²) >= 11 is 0. The zero-order chi connectivity index (χ0) is 38.2. The zero-order valence-corrected chi connectivity index (χ0v) is 35.0. The van der Waals surface area contributed by atoms with Gasteiger partial charge in [0, 0.05) is 65.4 Å². The average molecular weight is 929 g/mol. The van der Waals surface area contributed by atoms with Gasteiger partial charge in [-0.3, -0.25) is 0 Å². The molecule has 0 aliphatic heterocycles. The first kappa shape index (κ1) is 37.5. The number of rotatable bonds is 5. The second kappa shape index (κ2) is 15.6. The number of pyridine rings is 2. The molecule has 0 fully saturated rings. The van der Waals surface area contributed by atoms with Gasteiger partial charge in [-0.05, 0) is 47.3 Å². The first-order chi connectivity index (χ1) is 27.4.